The highest BCUT2D eigenvalue weighted by atomic mass is 32.2. The first-order valence-electron chi connectivity index (χ1n) is 11.3. The van der Waals surface area contributed by atoms with Gasteiger partial charge < -0.3 is 9.88 Å². The molecule has 1 aromatic carbocycles. The van der Waals surface area contributed by atoms with Crippen molar-refractivity contribution >= 4 is 23.3 Å². The fourth-order valence-electron chi connectivity index (χ4n) is 4.23. The minimum absolute atomic E-state index is 0.0908. The summed E-state index contributed by atoms with van der Waals surface area (Å²) in [6, 6.07) is 16.1. The van der Waals surface area contributed by atoms with Crippen molar-refractivity contribution in [2.75, 3.05) is 12.0 Å². The second kappa shape index (κ2) is 9.83. The number of amides is 1. The topological polar surface area (TPSA) is 64.2 Å². The summed E-state index contributed by atoms with van der Waals surface area (Å²) in [4.78, 5) is 13.4. The average Bonchev–Trinajstić information content (AvgIpc) is 3.37. The van der Waals surface area contributed by atoms with Crippen LogP contribution in [-0.4, -0.2) is 37.1 Å². The Balaban J connectivity index is 1.63. The van der Waals surface area contributed by atoms with Crippen molar-refractivity contribution in [2.45, 2.75) is 46.1 Å². The third-order valence-corrected chi connectivity index (χ3v) is 6.71. The molecule has 3 aromatic heterocycles. The Morgan fingerprint density at radius 1 is 1.09 bits per heavy atom. The first-order valence-corrected chi connectivity index (χ1v) is 12.7. The Labute approximate surface area is 199 Å². The standard InChI is InChI=1S/C26H31N5OS/c1-17(2)20-9-11-21(12-10-20)31-18(3)16-22(19(31)4)26(32)27-23(13-15-33-5)25-29-28-24-8-6-7-14-30(24)25/h6-12,14,16-17,23H,13,15H2,1-5H3,(H,27,32). The van der Waals surface area contributed by atoms with Gasteiger partial charge >= 0.3 is 0 Å². The van der Waals surface area contributed by atoms with Gasteiger partial charge in [0.15, 0.2) is 11.5 Å². The minimum atomic E-state index is -0.226. The fourth-order valence-corrected chi connectivity index (χ4v) is 4.70. The molecule has 0 saturated heterocycles. The summed E-state index contributed by atoms with van der Waals surface area (Å²) in [6.45, 7) is 8.42. The van der Waals surface area contributed by atoms with Gasteiger partial charge in [0, 0.05) is 23.3 Å². The summed E-state index contributed by atoms with van der Waals surface area (Å²) in [5.74, 6) is 2.06. The zero-order chi connectivity index (χ0) is 23.5. The molecule has 0 spiro atoms. The molecule has 4 rings (SSSR count). The van der Waals surface area contributed by atoms with Crippen LogP contribution in [0.1, 0.15) is 65.4 Å². The predicted octanol–water partition coefficient (Wildman–Crippen LogP) is 5.48. The van der Waals surface area contributed by atoms with Gasteiger partial charge in [-0.1, -0.05) is 32.0 Å². The smallest absolute Gasteiger partial charge is 0.253 e. The minimum Gasteiger partial charge on any atom is -0.342 e. The summed E-state index contributed by atoms with van der Waals surface area (Å²) >= 11 is 1.75. The molecule has 1 atom stereocenters. The number of benzene rings is 1. The monoisotopic (exact) mass is 461 g/mol. The molecule has 0 fully saturated rings. The summed E-state index contributed by atoms with van der Waals surface area (Å²) in [6.07, 6.45) is 4.78. The zero-order valence-corrected chi connectivity index (χ0v) is 20.7. The first kappa shape index (κ1) is 23.1. The molecular formula is C26H31N5OS. The number of aromatic nitrogens is 4. The lowest BCUT2D eigenvalue weighted by molar-refractivity contribution is 0.0933. The Morgan fingerprint density at radius 2 is 1.85 bits per heavy atom. The van der Waals surface area contributed by atoms with Crippen molar-refractivity contribution < 1.29 is 4.79 Å². The Bertz CT molecular complexity index is 1260. The lowest BCUT2D eigenvalue weighted by atomic mass is 10.0. The van der Waals surface area contributed by atoms with E-state index in [9.17, 15) is 4.79 Å². The predicted molar refractivity (Wildman–Crippen MR) is 136 cm³/mol. The Hall–Kier alpha value is -3.06. The molecular weight excluding hydrogens is 430 g/mol. The molecule has 0 aliphatic rings. The molecule has 1 amide bonds. The fraction of sp³-hybridized carbons (Fsp3) is 0.346. The number of carbonyl (C=O) groups is 1. The van der Waals surface area contributed by atoms with E-state index in [1.165, 1.54) is 5.56 Å². The summed E-state index contributed by atoms with van der Waals surface area (Å²) in [5, 5.41) is 11.9. The highest BCUT2D eigenvalue weighted by Crippen LogP contribution is 2.25. The van der Waals surface area contributed by atoms with Crippen LogP contribution < -0.4 is 5.32 Å². The number of pyridine rings is 1. The third kappa shape index (κ3) is 4.69. The lowest BCUT2D eigenvalue weighted by Crippen LogP contribution is -2.30. The van der Waals surface area contributed by atoms with Crippen molar-refractivity contribution in [1.29, 1.82) is 0 Å². The van der Waals surface area contributed by atoms with Crippen LogP contribution in [0.15, 0.2) is 54.7 Å². The summed E-state index contributed by atoms with van der Waals surface area (Å²) in [5.41, 5.74) is 5.79. The van der Waals surface area contributed by atoms with Crippen LogP contribution in [0, 0.1) is 13.8 Å². The normalized spacial score (nSPS) is 12.4. The van der Waals surface area contributed by atoms with Crippen molar-refractivity contribution in [2.24, 2.45) is 0 Å². The van der Waals surface area contributed by atoms with Crippen LogP contribution in [-0.2, 0) is 0 Å². The van der Waals surface area contributed by atoms with Gasteiger partial charge in [-0.05, 0) is 74.1 Å². The molecule has 0 aliphatic carbocycles. The molecule has 1 unspecified atom stereocenters. The molecule has 7 heteroatoms. The number of fused-ring (bicyclic) bond motifs is 1. The van der Waals surface area contributed by atoms with Gasteiger partial charge in [-0.15, -0.1) is 10.2 Å². The van der Waals surface area contributed by atoms with E-state index in [4.69, 9.17) is 0 Å². The van der Waals surface area contributed by atoms with E-state index in [-0.39, 0.29) is 11.9 Å². The highest BCUT2D eigenvalue weighted by Gasteiger charge is 2.23. The van der Waals surface area contributed by atoms with E-state index in [1.54, 1.807) is 11.8 Å². The quantitative estimate of drug-likeness (QED) is 0.377. The maximum atomic E-state index is 13.4. The van der Waals surface area contributed by atoms with Gasteiger partial charge in [-0.25, -0.2) is 0 Å². The molecule has 33 heavy (non-hydrogen) atoms. The van der Waals surface area contributed by atoms with Gasteiger partial charge in [0.1, 0.15) is 0 Å². The van der Waals surface area contributed by atoms with Crippen LogP contribution in [0.25, 0.3) is 11.3 Å². The first-order chi connectivity index (χ1) is 15.9. The van der Waals surface area contributed by atoms with Gasteiger partial charge in [-0.3, -0.25) is 9.20 Å². The number of nitrogens with zero attached hydrogens (tertiary/aromatic N) is 4. The molecule has 4 aromatic rings. The van der Waals surface area contributed by atoms with Gasteiger partial charge in [0.25, 0.3) is 5.91 Å². The summed E-state index contributed by atoms with van der Waals surface area (Å²) in [7, 11) is 0. The average molecular weight is 462 g/mol. The highest BCUT2D eigenvalue weighted by molar-refractivity contribution is 7.98. The molecule has 0 bridgehead atoms. The largest absolute Gasteiger partial charge is 0.342 e. The van der Waals surface area contributed by atoms with E-state index in [1.807, 2.05) is 48.7 Å². The molecule has 6 nitrogen and oxygen atoms in total. The number of rotatable bonds is 8. The molecule has 3 heterocycles. The van der Waals surface area contributed by atoms with Crippen molar-refractivity contribution in [1.82, 2.24) is 24.5 Å². The van der Waals surface area contributed by atoms with Crippen molar-refractivity contribution in [3.8, 4) is 5.69 Å². The van der Waals surface area contributed by atoms with E-state index < -0.39 is 0 Å². The number of hydrogen-bond acceptors (Lipinski definition) is 4. The van der Waals surface area contributed by atoms with Gasteiger partial charge in [0.05, 0.1) is 11.6 Å². The third-order valence-electron chi connectivity index (χ3n) is 6.06. The molecule has 0 radical (unpaired) electrons. The Morgan fingerprint density at radius 3 is 2.55 bits per heavy atom. The van der Waals surface area contributed by atoms with Crippen molar-refractivity contribution in [3.05, 3.63) is 83.1 Å². The zero-order valence-electron chi connectivity index (χ0n) is 19.9. The van der Waals surface area contributed by atoms with Gasteiger partial charge in [-0.2, -0.15) is 11.8 Å². The number of nitrogens with one attached hydrogen (secondary N) is 1. The van der Waals surface area contributed by atoms with E-state index in [0.717, 1.165) is 40.7 Å². The number of thioether (sulfide) groups is 1. The SMILES string of the molecule is CSCCC(NC(=O)c1cc(C)n(-c2ccc(C(C)C)cc2)c1C)c1nnc2ccccn12. The second-order valence-corrected chi connectivity index (χ2v) is 9.65. The maximum absolute atomic E-state index is 13.4. The molecule has 0 saturated carbocycles. The van der Waals surface area contributed by atoms with Crippen molar-refractivity contribution in [3.63, 3.8) is 0 Å². The number of carbonyl (C=O) groups excluding carboxylic acids is 1. The molecule has 1 N–H and O–H groups in total. The van der Waals surface area contributed by atoms with E-state index in [0.29, 0.717) is 11.5 Å². The number of aryl methyl sites for hydroxylation is 1. The molecule has 172 valence electrons. The van der Waals surface area contributed by atoms with Crippen LogP contribution in [0.4, 0.5) is 0 Å². The summed E-state index contributed by atoms with van der Waals surface area (Å²) < 4.78 is 4.09. The van der Waals surface area contributed by atoms with Crippen LogP contribution in [0.3, 0.4) is 0 Å². The van der Waals surface area contributed by atoms with E-state index in [2.05, 4.69) is 64.4 Å². The van der Waals surface area contributed by atoms with E-state index >= 15 is 0 Å². The van der Waals surface area contributed by atoms with Crippen LogP contribution in [0.5, 0.6) is 0 Å². The maximum Gasteiger partial charge on any atom is 0.253 e. The number of hydrogen-bond donors (Lipinski definition) is 1. The lowest BCUT2D eigenvalue weighted by Gasteiger charge is -2.17. The molecule has 0 aliphatic heterocycles. The second-order valence-electron chi connectivity index (χ2n) is 8.66. The Kier molecular flexibility index (Phi) is 6.88. The van der Waals surface area contributed by atoms with Crippen LogP contribution in [0.2, 0.25) is 0 Å². The van der Waals surface area contributed by atoms with Crippen LogP contribution >= 0.6 is 11.8 Å². The van der Waals surface area contributed by atoms with Gasteiger partial charge in [0.2, 0.25) is 0 Å².